The Bertz CT molecular complexity index is 785. The molecule has 4 rings (SSSR count). The average molecular weight is 360 g/mol. The van der Waals surface area contributed by atoms with Crippen LogP contribution in [-0.2, 0) is 6.54 Å². The average Bonchev–Trinajstić information content (AvgIpc) is 3.28. The standard InChI is InChI=1S/C18H18ClN3OS/c19-14-8-6-13(7-9-14)12-22-10-2-1-4-15(22)18-20-17(21-23-18)16-5-3-11-24-16/h3,5-9,11,15H,1-2,4,10,12H2. The van der Waals surface area contributed by atoms with Crippen molar-refractivity contribution in [1.82, 2.24) is 15.0 Å². The molecule has 2 aromatic heterocycles. The third-order valence-electron chi connectivity index (χ3n) is 4.38. The van der Waals surface area contributed by atoms with Crippen LogP contribution in [0, 0.1) is 0 Å². The van der Waals surface area contributed by atoms with Crippen molar-refractivity contribution in [2.45, 2.75) is 31.8 Å². The van der Waals surface area contributed by atoms with Crippen molar-refractivity contribution >= 4 is 22.9 Å². The predicted octanol–water partition coefficient (Wildman–Crippen LogP) is 5.18. The number of nitrogens with zero attached hydrogens (tertiary/aromatic N) is 3. The summed E-state index contributed by atoms with van der Waals surface area (Å²) in [5.74, 6) is 1.42. The fraction of sp³-hybridized carbons (Fsp3) is 0.333. The Balaban J connectivity index is 1.54. The summed E-state index contributed by atoms with van der Waals surface area (Å²) in [5.41, 5.74) is 1.25. The fourth-order valence-corrected chi connectivity index (χ4v) is 3.94. The van der Waals surface area contributed by atoms with Crippen LogP contribution in [0.1, 0.15) is 36.8 Å². The van der Waals surface area contributed by atoms with E-state index in [4.69, 9.17) is 16.1 Å². The van der Waals surface area contributed by atoms with Crippen LogP contribution >= 0.6 is 22.9 Å². The Hall–Kier alpha value is -1.69. The number of thiophene rings is 1. The predicted molar refractivity (Wildman–Crippen MR) is 96.1 cm³/mol. The Labute approximate surface area is 150 Å². The minimum absolute atomic E-state index is 0.190. The summed E-state index contributed by atoms with van der Waals surface area (Å²) in [6, 6.07) is 12.3. The van der Waals surface area contributed by atoms with Crippen molar-refractivity contribution in [3.63, 3.8) is 0 Å². The molecule has 1 aromatic carbocycles. The van der Waals surface area contributed by atoms with Crippen LogP contribution in [0.4, 0.5) is 0 Å². The molecule has 1 aliphatic heterocycles. The molecule has 1 fully saturated rings. The Kier molecular flexibility index (Phi) is 4.65. The number of benzene rings is 1. The van der Waals surface area contributed by atoms with Gasteiger partial charge < -0.3 is 4.52 Å². The summed E-state index contributed by atoms with van der Waals surface area (Å²) in [4.78, 5) is 8.13. The van der Waals surface area contributed by atoms with E-state index in [9.17, 15) is 0 Å². The minimum atomic E-state index is 0.190. The van der Waals surface area contributed by atoms with Gasteiger partial charge in [0.05, 0.1) is 10.9 Å². The van der Waals surface area contributed by atoms with E-state index >= 15 is 0 Å². The number of rotatable bonds is 4. The highest BCUT2D eigenvalue weighted by Crippen LogP contribution is 2.33. The first-order valence-corrected chi connectivity index (χ1v) is 9.41. The molecule has 3 heterocycles. The topological polar surface area (TPSA) is 42.2 Å². The van der Waals surface area contributed by atoms with Crippen molar-refractivity contribution < 1.29 is 4.52 Å². The normalized spacial score (nSPS) is 18.8. The van der Waals surface area contributed by atoms with E-state index < -0.39 is 0 Å². The Morgan fingerprint density at radius 2 is 2.08 bits per heavy atom. The molecule has 1 saturated heterocycles. The highest BCUT2D eigenvalue weighted by molar-refractivity contribution is 7.13. The van der Waals surface area contributed by atoms with Crippen molar-refractivity contribution in [1.29, 1.82) is 0 Å². The van der Waals surface area contributed by atoms with Gasteiger partial charge in [-0.15, -0.1) is 11.3 Å². The van der Waals surface area contributed by atoms with E-state index in [1.54, 1.807) is 11.3 Å². The molecule has 6 heteroatoms. The summed E-state index contributed by atoms with van der Waals surface area (Å²) in [5, 5.41) is 6.96. The number of hydrogen-bond acceptors (Lipinski definition) is 5. The van der Waals surface area contributed by atoms with Crippen LogP contribution in [0.3, 0.4) is 0 Å². The smallest absolute Gasteiger partial charge is 0.244 e. The third-order valence-corrected chi connectivity index (χ3v) is 5.50. The summed E-state index contributed by atoms with van der Waals surface area (Å²) in [6.45, 7) is 1.92. The quantitative estimate of drug-likeness (QED) is 0.643. The van der Waals surface area contributed by atoms with E-state index in [1.807, 2.05) is 29.6 Å². The summed E-state index contributed by atoms with van der Waals surface area (Å²) >= 11 is 7.61. The monoisotopic (exact) mass is 359 g/mol. The summed E-state index contributed by atoms with van der Waals surface area (Å²) in [6.07, 6.45) is 3.45. The third kappa shape index (κ3) is 3.38. The zero-order valence-electron chi connectivity index (χ0n) is 13.2. The first-order valence-electron chi connectivity index (χ1n) is 8.15. The number of piperidine rings is 1. The number of likely N-dealkylation sites (tertiary alicyclic amines) is 1. The van der Waals surface area contributed by atoms with Gasteiger partial charge in [0.2, 0.25) is 11.7 Å². The first-order chi connectivity index (χ1) is 11.8. The molecule has 24 heavy (non-hydrogen) atoms. The molecule has 0 radical (unpaired) electrons. The summed E-state index contributed by atoms with van der Waals surface area (Å²) < 4.78 is 5.60. The molecule has 0 spiro atoms. The molecule has 0 aliphatic carbocycles. The molecular formula is C18H18ClN3OS. The molecule has 3 aromatic rings. The molecule has 1 atom stereocenters. The molecule has 1 unspecified atom stereocenters. The van der Waals surface area contributed by atoms with Gasteiger partial charge in [-0.1, -0.05) is 41.4 Å². The molecule has 0 saturated carbocycles. The second-order valence-electron chi connectivity index (χ2n) is 6.04. The van der Waals surface area contributed by atoms with Gasteiger partial charge in [0, 0.05) is 11.6 Å². The van der Waals surface area contributed by atoms with Gasteiger partial charge >= 0.3 is 0 Å². The second kappa shape index (κ2) is 7.05. The zero-order chi connectivity index (χ0) is 16.4. The molecule has 0 N–H and O–H groups in total. The van der Waals surface area contributed by atoms with E-state index in [1.165, 1.54) is 18.4 Å². The van der Waals surface area contributed by atoms with Crippen LogP contribution in [0.25, 0.3) is 10.7 Å². The molecule has 4 nitrogen and oxygen atoms in total. The van der Waals surface area contributed by atoms with Gasteiger partial charge in [-0.05, 0) is 48.5 Å². The molecule has 124 valence electrons. The maximum Gasteiger partial charge on any atom is 0.244 e. The largest absolute Gasteiger partial charge is 0.337 e. The van der Waals surface area contributed by atoms with Gasteiger partial charge in [0.15, 0.2) is 0 Å². The van der Waals surface area contributed by atoms with Crippen molar-refractivity contribution in [3.8, 4) is 10.7 Å². The fourth-order valence-electron chi connectivity index (χ4n) is 3.16. The Morgan fingerprint density at radius 3 is 2.88 bits per heavy atom. The number of aromatic nitrogens is 2. The molecule has 0 bridgehead atoms. The highest BCUT2D eigenvalue weighted by atomic mass is 35.5. The number of halogens is 1. The van der Waals surface area contributed by atoms with E-state index in [0.29, 0.717) is 5.82 Å². The van der Waals surface area contributed by atoms with Crippen molar-refractivity contribution in [3.05, 3.63) is 58.3 Å². The lowest BCUT2D eigenvalue weighted by Gasteiger charge is -2.33. The summed E-state index contributed by atoms with van der Waals surface area (Å²) in [7, 11) is 0. The van der Waals surface area contributed by atoms with E-state index in [0.717, 1.165) is 35.3 Å². The van der Waals surface area contributed by atoms with Gasteiger partial charge in [0.1, 0.15) is 0 Å². The first kappa shape index (κ1) is 15.8. The maximum absolute atomic E-state index is 5.98. The van der Waals surface area contributed by atoms with E-state index in [2.05, 4.69) is 27.2 Å². The van der Waals surface area contributed by atoms with E-state index in [-0.39, 0.29) is 6.04 Å². The zero-order valence-corrected chi connectivity index (χ0v) is 14.8. The SMILES string of the molecule is Clc1ccc(CN2CCCCC2c2nc(-c3cccs3)no2)cc1. The second-order valence-corrected chi connectivity index (χ2v) is 7.43. The molecule has 1 aliphatic rings. The highest BCUT2D eigenvalue weighted by Gasteiger charge is 2.29. The van der Waals surface area contributed by atoms with Gasteiger partial charge in [-0.25, -0.2) is 0 Å². The van der Waals surface area contributed by atoms with Crippen LogP contribution < -0.4 is 0 Å². The maximum atomic E-state index is 5.98. The van der Waals surface area contributed by atoms with Crippen LogP contribution in [-0.4, -0.2) is 21.6 Å². The van der Waals surface area contributed by atoms with Crippen LogP contribution in [0.5, 0.6) is 0 Å². The molecular weight excluding hydrogens is 342 g/mol. The van der Waals surface area contributed by atoms with Crippen LogP contribution in [0.15, 0.2) is 46.3 Å². The van der Waals surface area contributed by atoms with Gasteiger partial charge in [-0.3, -0.25) is 4.90 Å². The van der Waals surface area contributed by atoms with Crippen molar-refractivity contribution in [2.24, 2.45) is 0 Å². The molecule has 0 amide bonds. The van der Waals surface area contributed by atoms with Crippen molar-refractivity contribution in [2.75, 3.05) is 6.54 Å². The lowest BCUT2D eigenvalue weighted by atomic mass is 10.0. The van der Waals surface area contributed by atoms with Gasteiger partial charge in [0.25, 0.3) is 0 Å². The lowest BCUT2D eigenvalue weighted by Crippen LogP contribution is -2.33. The van der Waals surface area contributed by atoms with Gasteiger partial charge in [-0.2, -0.15) is 4.98 Å². The lowest BCUT2D eigenvalue weighted by molar-refractivity contribution is 0.111. The van der Waals surface area contributed by atoms with Crippen LogP contribution in [0.2, 0.25) is 5.02 Å². The number of hydrogen-bond donors (Lipinski definition) is 0. The minimum Gasteiger partial charge on any atom is -0.337 e. The Morgan fingerprint density at radius 1 is 1.21 bits per heavy atom.